The molecule has 1 aliphatic rings. The van der Waals surface area contributed by atoms with E-state index in [0.717, 1.165) is 45.4 Å². The van der Waals surface area contributed by atoms with Gasteiger partial charge < -0.3 is 9.84 Å². The van der Waals surface area contributed by atoms with E-state index in [4.69, 9.17) is 4.74 Å². The summed E-state index contributed by atoms with van der Waals surface area (Å²) in [6.07, 6.45) is -1.04. The molecule has 0 aliphatic heterocycles. The molecular weight excluding hydrogens is 387 g/mol. The number of alkyl halides is 3. The van der Waals surface area contributed by atoms with Gasteiger partial charge in [0, 0.05) is 7.05 Å². The highest BCUT2D eigenvalue weighted by Gasteiger charge is 2.47. The van der Waals surface area contributed by atoms with Crippen molar-refractivity contribution in [2.45, 2.75) is 61.9 Å². The first-order valence-corrected chi connectivity index (χ1v) is 9.90. The van der Waals surface area contributed by atoms with Crippen molar-refractivity contribution < 1.29 is 36.2 Å². The average Bonchev–Trinajstić information content (AvgIpc) is 2.61. The summed E-state index contributed by atoms with van der Waals surface area (Å²) in [6, 6.07) is 2.89. The fourth-order valence-corrected chi connectivity index (χ4v) is 4.35. The fraction of sp³-hybridized carbons (Fsp3) is 0.588. The molecule has 0 amide bonds. The van der Waals surface area contributed by atoms with Crippen LogP contribution in [0, 0.1) is 0 Å². The zero-order valence-corrected chi connectivity index (χ0v) is 15.8. The highest BCUT2D eigenvalue weighted by atomic mass is 32.2. The van der Waals surface area contributed by atoms with Gasteiger partial charge in [-0.15, -0.1) is 0 Å². The molecule has 2 rings (SSSR count). The number of rotatable bonds is 6. The summed E-state index contributed by atoms with van der Waals surface area (Å²) in [5, 5.41) is 9.61. The van der Waals surface area contributed by atoms with E-state index in [0.29, 0.717) is 29.3 Å². The van der Waals surface area contributed by atoms with E-state index in [1.807, 2.05) is 0 Å². The lowest BCUT2D eigenvalue weighted by Gasteiger charge is -2.37. The van der Waals surface area contributed by atoms with E-state index in [2.05, 4.69) is 0 Å². The van der Waals surface area contributed by atoms with Crippen molar-refractivity contribution in [2.75, 3.05) is 7.05 Å². The molecule has 1 fully saturated rings. The van der Waals surface area contributed by atoms with E-state index in [1.165, 1.54) is 0 Å². The number of hydrogen-bond donors (Lipinski definition) is 1. The molecule has 27 heavy (non-hydrogen) atoms. The topological polar surface area (TPSA) is 83.9 Å². The summed E-state index contributed by atoms with van der Waals surface area (Å²) < 4.78 is 69.8. The summed E-state index contributed by atoms with van der Waals surface area (Å²) in [6.45, 7) is 1.13. The number of carboxylic acid groups (broad SMARTS) is 1. The van der Waals surface area contributed by atoms with Crippen molar-refractivity contribution >= 4 is 16.0 Å². The first-order chi connectivity index (χ1) is 12.4. The molecule has 0 radical (unpaired) electrons. The van der Waals surface area contributed by atoms with Gasteiger partial charge in [0.15, 0.2) is 0 Å². The molecular formula is C17H22F3NO5S. The molecule has 0 aromatic heterocycles. The van der Waals surface area contributed by atoms with Crippen LogP contribution >= 0.6 is 0 Å². The molecule has 152 valence electrons. The summed E-state index contributed by atoms with van der Waals surface area (Å²) >= 11 is 0. The van der Waals surface area contributed by atoms with Crippen molar-refractivity contribution in [2.24, 2.45) is 0 Å². The minimum Gasteiger partial charge on any atom is -0.478 e. The normalized spacial score (nSPS) is 19.0. The molecule has 10 heteroatoms. The monoisotopic (exact) mass is 409 g/mol. The standard InChI is InChI=1S/C17H22F3NO5S/c1-16(15(22)23,26-13-6-4-3-5-7-13)21(2)27(24,25)14-10-8-12(9-11-14)17(18,19)20/h8-11,13H,3-7H2,1-2H3,(H,22,23). The molecule has 1 aromatic rings. The van der Waals surface area contributed by atoms with Gasteiger partial charge in [-0.25, -0.2) is 13.2 Å². The summed E-state index contributed by atoms with van der Waals surface area (Å²) in [7, 11) is -3.35. The average molecular weight is 409 g/mol. The van der Waals surface area contributed by atoms with Crippen LogP contribution in [-0.2, 0) is 25.7 Å². The van der Waals surface area contributed by atoms with Gasteiger partial charge in [-0.05, 0) is 44.0 Å². The lowest BCUT2D eigenvalue weighted by atomic mass is 9.97. The number of carboxylic acids is 1. The van der Waals surface area contributed by atoms with Gasteiger partial charge in [0.05, 0.1) is 16.6 Å². The second-order valence-electron chi connectivity index (χ2n) is 6.66. The molecule has 1 N–H and O–H groups in total. The van der Waals surface area contributed by atoms with E-state index < -0.39 is 44.5 Å². The van der Waals surface area contributed by atoms with Crippen molar-refractivity contribution in [3.8, 4) is 0 Å². The Morgan fingerprint density at radius 1 is 1.15 bits per heavy atom. The van der Waals surface area contributed by atoms with Gasteiger partial charge in [-0.3, -0.25) is 0 Å². The predicted octanol–water partition coefficient (Wildman–Crippen LogP) is 3.48. The van der Waals surface area contributed by atoms with Crippen molar-refractivity contribution in [1.29, 1.82) is 0 Å². The molecule has 1 aliphatic carbocycles. The molecule has 1 unspecified atom stereocenters. The van der Waals surface area contributed by atoms with Crippen molar-refractivity contribution in [1.82, 2.24) is 4.31 Å². The molecule has 0 bridgehead atoms. The minimum atomic E-state index is -4.60. The predicted molar refractivity (Wildman–Crippen MR) is 90.4 cm³/mol. The number of sulfonamides is 1. The van der Waals surface area contributed by atoms with E-state index >= 15 is 0 Å². The number of benzene rings is 1. The molecule has 6 nitrogen and oxygen atoms in total. The van der Waals surface area contributed by atoms with Gasteiger partial charge in [-0.2, -0.15) is 17.5 Å². The third-order valence-corrected chi connectivity index (χ3v) is 6.72. The van der Waals surface area contributed by atoms with Crippen molar-refractivity contribution in [3.63, 3.8) is 0 Å². The Morgan fingerprint density at radius 2 is 1.67 bits per heavy atom. The first kappa shape index (κ1) is 21.6. The highest BCUT2D eigenvalue weighted by molar-refractivity contribution is 7.89. The summed E-state index contributed by atoms with van der Waals surface area (Å²) in [4.78, 5) is 11.4. The van der Waals surface area contributed by atoms with Crippen LogP contribution in [0.25, 0.3) is 0 Å². The van der Waals surface area contributed by atoms with Crippen LogP contribution in [0.5, 0.6) is 0 Å². The number of halogens is 3. The van der Waals surface area contributed by atoms with Crippen LogP contribution in [0.15, 0.2) is 29.2 Å². The second kappa shape index (κ2) is 7.76. The Hall–Kier alpha value is -1.65. The van der Waals surface area contributed by atoms with Crippen LogP contribution in [-0.4, -0.2) is 42.7 Å². The molecule has 0 saturated heterocycles. The fourth-order valence-electron chi connectivity index (χ4n) is 2.97. The Labute approximate surface area is 156 Å². The number of hydrogen-bond acceptors (Lipinski definition) is 4. The highest BCUT2D eigenvalue weighted by Crippen LogP contribution is 2.33. The van der Waals surface area contributed by atoms with Gasteiger partial charge in [0.2, 0.25) is 15.7 Å². The molecule has 1 aromatic carbocycles. The van der Waals surface area contributed by atoms with E-state index in [1.54, 1.807) is 0 Å². The van der Waals surface area contributed by atoms with E-state index in [-0.39, 0.29) is 0 Å². The minimum absolute atomic E-state index is 0.398. The number of ether oxygens (including phenoxy) is 1. The van der Waals surface area contributed by atoms with Crippen LogP contribution in [0.3, 0.4) is 0 Å². The largest absolute Gasteiger partial charge is 0.478 e. The zero-order valence-electron chi connectivity index (χ0n) is 15.0. The SMILES string of the molecule is CN(C(C)(OC1CCCCC1)C(=O)O)S(=O)(=O)c1ccc(C(F)(F)F)cc1. The Morgan fingerprint density at radius 3 is 2.11 bits per heavy atom. The van der Waals surface area contributed by atoms with Gasteiger partial charge in [-0.1, -0.05) is 19.3 Å². The third-order valence-electron chi connectivity index (χ3n) is 4.79. The van der Waals surface area contributed by atoms with E-state index in [9.17, 15) is 31.5 Å². The number of carbonyl (C=O) groups is 1. The Balaban J connectivity index is 2.32. The summed E-state index contributed by atoms with van der Waals surface area (Å²) in [5.74, 6) is -1.49. The van der Waals surface area contributed by atoms with Crippen LogP contribution in [0.4, 0.5) is 13.2 Å². The third kappa shape index (κ3) is 4.61. The lowest BCUT2D eigenvalue weighted by molar-refractivity contribution is -0.192. The maximum absolute atomic E-state index is 12.8. The molecule has 0 spiro atoms. The maximum atomic E-state index is 12.8. The first-order valence-electron chi connectivity index (χ1n) is 8.46. The molecule has 1 saturated carbocycles. The molecule has 0 heterocycles. The Bertz CT molecular complexity index is 773. The number of likely N-dealkylation sites (N-methyl/N-ethyl adjacent to an activating group) is 1. The number of aliphatic carboxylic acids is 1. The van der Waals surface area contributed by atoms with Gasteiger partial charge >= 0.3 is 12.1 Å². The van der Waals surface area contributed by atoms with Crippen LogP contribution < -0.4 is 0 Å². The summed E-state index contributed by atoms with van der Waals surface area (Å²) in [5.41, 5.74) is -3.17. The van der Waals surface area contributed by atoms with Crippen LogP contribution in [0.2, 0.25) is 0 Å². The zero-order chi connectivity index (χ0) is 20.5. The lowest BCUT2D eigenvalue weighted by Crippen LogP contribution is -2.56. The number of nitrogens with zero attached hydrogens (tertiary/aromatic N) is 1. The Kier molecular flexibility index (Phi) is 6.23. The van der Waals surface area contributed by atoms with Gasteiger partial charge in [0.1, 0.15) is 0 Å². The van der Waals surface area contributed by atoms with Crippen LogP contribution in [0.1, 0.15) is 44.6 Å². The van der Waals surface area contributed by atoms with Gasteiger partial charge in [0.25, 0.3) is 0 Å². The quantitative estimate of drug-likeness (QED) is 0.728. The molecule has 1 atom stereocenters. The second-order valence-corrected chi connectivity index (χ2v) is 8.63. The maximum Gasteiger partial charge on any atom is 0.416 e. The van der Waals surface area contributed by atoms with Crippen molar-refractivity contribution in [3.05, 3.63) is 29.8 Å². The smallest absolute Gasteiger partial charge is 0.416 e.